The molecule has 0 saturated carbocycles. The third-order valence-electron chi connectivity index (χ3n) is 4.57. The van der Waals surface area contributed by atoms with E-state index in [9.17, 15) is 14.4 Å². The number of hydrogen-bond donors (Lipinski definition) is 1. The van der Waals surface area contributed by atoms with Crippen LogP contribution in [0.3, 0.4) is 0 Å². The van der Waals surface area contributed by atoms with Gasteiger partial charge in [-0.15, -0.1) is 0 Å². The van der Waals surface area contributed by atoms with Gasteiger partial charge in [0, 0.05) is 6.42 Å². The smallest absolute Gasteiger partial charge is 0.262 e. The molecular weight excluding hydrogens is 294 g/mol. The van der Waals surface area contributed by atoms with E-state index in [-0.39, 0.29) is 17.9 Å². The van der Waals surface area contributed by atoms with E-state index >= 15 is 0 Å². The summed E-state index contributed by atoms with van der Waals surface area (Å²) in [5.41, 5.74) is 0.210. The van der Waals surface area contributed by atoms with Gasteiger partial charge in [-0.3, -0.25) is 24.3 Å². The van der Waals surface area contributed by atoms with Crippen molar-refractivity contribution in [3.8, 4) is 0 Å². The maximum Gasteiger partial charge on any atom is 0.262 e. The van der Waals surface area contributed by atoms with Gasteiger partial charge in [-0.2, -0.15) is 0 Å². The summed E-state index contributed by atoms with van der Waals surface area (Å²) in [6.07, 6.45) is 1.26. The number of benzene rings is 1. The van der Waals surface area contributed by atoms with Crippen molar-refractivity contribution in [3.05, 3.63) is 39.9 Å². The van der Waals surface area contributed by atoms with Crippen LogP contribution in [0.4, 0.5) is 0 Å². The van der Waals surface area contributed by atoms with Crippen molar-refractivity contribution in [1.29, 1.82) is 0 Å². The van der Waals surface area contributed by atoms with Crippen LogP contribution < -0.4 is 10.9 Å². The molecular formula is C17H19N3O3. The Morgan fingerprint density at radius 3 is 2.70 bits per heavy atom. The Morgan fingerprint density at radius 1 is 1.22 bits per heavy atom. The summed E-state index contributed by atoms with van der Waals surface area (Å²) in [7, 11) is 0. The predicted molar refractivity (Wildman–Crippen MR) is 86.1 cm³/mol. The molecule has 2 aromatic rings. The van der Waals surface area contributed by atoms with Crippen LogP contribution in [0.1, 0.15) is 37.6 Å². The Balaban J connectivity index is 2.29. The summed E-state index contributed by atoms with van der Waals surface area (Å²) in [5, 5.41) is 2.87. The molecule has 2 heterocycles. The van der Waals surface area contributed by atoms with E-state index < -0.39 is 11.4 Å². The average molecular weight is 313 g/mol. The molecule has 120 valence electrons. The number of carbonyl (C=O) groups is 2. The van der Waals surface area contributed by atoms with E-state index in [1.807, 2.05) is 13.0 Å². The summed E-state index contributed by atoms with van der Waals surface area (Å²) in [4.78, 5) is 41.7. The Kier molecular flexibility index (Phi) is 3.55. The minimum atomic E-state index is -1.11. The highest BCUT2D eigenvalue weighted by Gasteiger charge is 2.40. The highest BCUT2D eigenvalue weighted by molar-refractivity contribution is 5.99. The molecule has 6 heteroatoms. The standard InChI is InChI=1S/C17H19N3O3/c1-10-6-4-7-12-14(10)18-11(2)20(15(12)22)17(3)9-5-8-13(21)19-16(17)23/h4,6-7H,5,8-9H2,1-3H3,(H,19,21,23). The number of imide groups is 1. The second-order valence-corrected chi connectivity index (χ2v) is 6.28. The number of nitrogens with zero attached hydrogens (tertiary/aromatic N) is 2. The normalized spacial score (nSPS) is 22.0. The maximum absolute atomic E-state index is 13.0. The zero-order valence-electron chi connectivity index (χ0n) is 13.5. The van der Waals surface area contributed by atoms with Crippen LogP contribution in [0.5, 0.6) is 0 Å². The molecule has 1 unspecified atom stereocenters. The van der Waals surface area contributed by atoms with E-state index in [4.69, 9.17) is 0 Å². The van der Waals surface area contributed by atoms with Crippen molar-refractivity contribution in [2.75, 3.05) is 0 Å². The number of amides is 2. The first-order valence-electron chi connectivity index (χ1n) is 7.68. The second-order valence-electron chi connectivity index (χ2n) is 6.28. The molecule has 1 aliphatic rings. The van der Waals surface area contributed by atoms with Gasteiger partial charge in [-0.25, -0.2) is 4.98 Å². The molecule has 1 fully saturated rings. The lowest BCUT2D eigenvalue weighted by Gasteiger charge is -2.30. The van der Waals surface area contributed by atoms with Gasteiger partial charge in [0.15, 0.2) is 0 Å². The molecule has 0 aliphatic carbocycles. The van der Waals surface area contributed by atoms with Crippen LogP contribution in [0, 0.1) is 13.8 Å². The molecule has 0 bridgehead atoms. The SMILES string of the molecule is Cc1cccc2c(=O)n(C3(C)CCCC(=O)NC3=O)c(C)nc12. The van der Waals surface area contributed by atoms with Crippen molar-refractivity contribution in [1.82, 2.24) is 14.9 Å². The first-order chi connectivity index (χ1) is 10.8. The monoisotopic (exact) mass is 313 g/mol. The Bertz CT molecular complexity index is 885. The number of hydrogen-bond acceptors (Lipinski definition) is 4. The summed E-state index contributed by atoms with van der Waals surface area (Å²) in [6, 6.07) is 5.42. The molecule has 1 aliphatic heterocycles. The summed E-state index contributed by atoms with van der Waals surface area (Å²) in [6.45, 7) is 5.31. The average Bonchev–Trinajstić information content (AvgIpc) is 2.60. The minimum absolute atomic E-state index is 0.247. The summed E-state index contributed by atoms with van der Waals surface area (Å²) < 4.78 is 1.43. The molecule has 2 amide bonds. The predicted octanol–water partition coefficient (Wildman–Crippen LogP) is 1.56. The topological polar surface area (TPSA) is 81.1 Å². The zero-order chi connectivity index (χ0) is 16.8. The van der Waals surface area contributed by atoms with E-state index in [1.165, 1.54) is 4.57 Å². The second kappa shape index (κ2) is 5.30. The molecule has 6 nitrogen and oxygen atoms in total. The number of aromatic nitrogens is 2. The largest absolute Gasteiger partial charge is 0.294 e. The third kappa shape index (κ3) is 2.34. The van der Waals surface area contributed by atoms with E-state index in [0.717, 1.165) is 5.56 Å². The van der Waals surface area contributed by atoms with Gasteiger partial charge in [0.1, 0.15) is 11.4 Å². The molecule has 1 atom stereocenters. The zero-order valence-corrected chi connectivity index (χ0v) is 13.5. The van der Waals surface area contributed by atoms with Crippen LogP contribution in [0.2, 0.25) is 0 Å². The molecule has 1 aromatic carbocycles. The van der Waals surface area contributed by atoms with Crippen LogP contribution in [0.25, 0.3) is 10.9 Å². The number of rotatable bonds is 1. The van der Waals surface area contributed by atoms with Crippen LogP contribution in [-0.2, 0) is 15.1 Å². The van der Waals surface area contributed by atoms with E-state index in [0.29, 0.717) is 29.6 Å². The molecule has 23 heavy (non-hydrogen) atoms. The molecule has 1 aromatic heterocycles. The van der Waals surface area contributed by atoms with Crippen LogP contribution in [0.15, 0.2) is 23.0 Å². The van der Waals surface area contributed by atoms with Crippen molar-refractivity contribution < 1.29 is 9.59 Å². The fraction of sp³-hybridized carbons (Fsp3) is 0.412. The highest BCUT2D eigenvalue weighted by atomic mass is 16.2. The molecule has 0 radical (unpaired) electrons. The van der Waals surface area contributed by atoms with Gasteiger partial charge < -0.3 is 0 Å². The first kappa shape index (κ1) is 15.4. The van der Waals surface area contributed by atoms with E-state index in [1.54, 1.807) is 26.0 Å². The Hall–Kier alpha value is -2.50. The van der Waals surface area contributed by atoms with Gasteiger partial charge in [0.25, 0.3) is 11.5 Å². The van der Waals surface area contributed by atoms with Gasteiger partial charge in [0.05, 0.1) is 10.9 Å². The highest BCUT2D eigenvalue weighted by Crippen LogP contribution is 2.27. The number of carbonyl (C=O) groups excluding carboxylic acids is 2. The number of fused-ring (bicyclic) bond motifs is 1. The number of aryl methyl sites for hydroxylation is 2. The lowest BCUT2D eigenvalue weighted by molar-refractivity contribution is -0.134. The Labute approximate surface area is 133 Å². The summed E-state index contributed by atoms with van der Waals surface area (Å²) >= 11 is 0. The van der Waals surface area contributed by atoms with Crippen molar-refractivity contribution >= 4 is 22.7 Å². The number of nitrogens with one attached hydrogen (secondary N) is 1. The van der Waals surface area contributed by atoms with Gasteiger partial charge in [-0.1, -0.05) is 12.1 Å². The molecule has 0 spiro atoms. The quantitative estimate of drug-likeness (QED) is 0.810. The number of para-hydroxylation sites is 1. The fourth-order valence-electron chi connectivity index (χ4n) is 3.28. The molecule has 1 N–H and O–H groups in total. The lowest BCUT2D eigenvalue weighted by Crippen LogP contribution is -2.51. The summed E-state index contributed by atoms with van der Waals surface area (Å²) in [5.74, 6) is -0.267. The first-order valence-corrected chi connectivity index (χ1v) is 7.68. The maximum atomic E-state index is 13.0. The van der Waals surface area contributed by atoms with Crippen molar-refractivity contribution in [3.63, 3.8) is 0 Å². The van der Waals surface area contributed by atoms with E-state index in [2.05, 4.69) is 10.3 Å². The van der Waals surface area contributed by atoms with Crippen molar-refractivity contribution in [2.24, 2.45) is 0 Å². The van der Waals surface area contributed by atoms with Crippen molar-refractivity contribution in [2.45, 2.75) is 45.6 Å². The Morgan fingerprint density at radius 2 is 1.96 bits per heavy atom. The van der Waals surface area contributed by atoms with Crippen LogP contribution in [-0.4, -0.2) is 21.4 Å². The van der Waals surface area contributed by atoms with Gasteiger partial charge in [0.2, 0.25) is 5.91 Å². The molecule has 1 saturated heterocycles. The third-order valence-corrected chi connectivity index (χ3v) is 4.57. The lowest BCUT2D eigenvalue weighted by atomic mass is 9.94. The molecule has 3 rings (SSSR count). The fourth-order valence-corrected chi connectivity index (χ4v) is 3.28. The minimum Gasteiger partial charge on any atom is -0.294 e. The van der Waals surface area contributed by atoms with Crippen LogP contribution >= 0.6 is 0 Å². The van der Waals surface area contributed by atoms with Gasteiger partial charge >= 0.3 is 0 Å². The van der Waals surface area contributed by atoms with Gasteiger partial charge in [-0.05, 0) is 45.2 Å².